The van der Waals surface area contributed by atoms with Crippen molar-refractivity contribution >= 4 is 33.6 Å². The summed E-state index contributed by atoms with van der Waals surface area (Å²) < 4.78 is 7.37. The second-order valence-electron chi connectivity index (χ2n) is 6.13. The highest BCUT2D eigenvalue weighted by atomic mass is 79.9. The maximum atomic E-state index is 12.2. The summed E-state index contributed by atoms with van der Waals surface area (Å²) in [5.41, 5.74) is 3.73. The van der Waals surface area contributed by atoms with E-state index < -0.39 is 6.09 Å². The smallest absolute Gasteiger partial charge is 0.418 e. The fourth-order valence-corrected chi connectivity index (χ4v) is 2.19. The van der Waals surface area contributed by atoms with Crippen molar-refractivity contribution in [3.63, 3.8) is 0 Å². The molecule has 23 heavy (non-hydrogen) atoms. The number of carbonyl (C=O) groups is 2. The van der Waals surface area contributed by atoms with Crippen molar-refractivity contribution in [2.75, 3.05) is 0 Å². The Bertz CT molecular complexity index is 604. The molecule has 0 spiro atoms. The van der Waals surface area contributed by atoms with E-state index in [1.54, 1.807) is 40.0 Å². The first-order chi connectivity index (χ1) is 10.6. The van der Waals surface area contributed by atoms with Crippen molar-refractivity contribution in [2.24, 2.45) is 16.9 Å². The van der Waals surface area contributed by atoms with Crippen molar-refractivity contribution in [1.29, 1.82) is 0 Å². The summed E-state index contributed by atoms with van der Waals surface area (Å²) in [4.78, 5) is 24.0. The lowest BCUT2D eigenvalue weighted by Gasteiger charge is -2.15. The van der Waals surface area contributed by atoms with Gasteiger partial charge in [-0.15, -0.1) is 0 Å². The summed E-state index contributed by atoms with van der Waals surface area (Å²) >= 11 is 3.37. The van der Waals surface area contributed by atoms with Gasteiger partial charge in [-0.1, -0.05) is 27.7 Å². The van der Waals surface area contributed by atoms with Crippen LogP contribution in [0.15, 0.2) is 21.8 Å². The Morgan fingerprint density at radius 3 is 2.26 bits per heavy atom. The summed E-state index contributed by atoms with van der Waals surface area (Å²) in [5.74, 6) is -0.337. The van der Waals surface area contributed by atoms with E-state index in [2.05, 4.69) is 26.5 Å². The van der Waals surface area contributed by atoms with Gasteiger partial charge in [0.05, 0.1) is 17.5 Å². The van der Waals surface area contributed by atoms with Crippen molar-refractivity contribution in [3.05, 3.63) is 22.4 Å². The lowest BCUT2D eigenvalue weighted by atomic mass is 10.1. The maximum absolute atomic E-state index is 12.2. The number of hydrogen-bond acceptors (Lipinski definition) is 4. The van der Waals surface area contributed by atoms with Gasteiger partial charge in [-0.25, -0.2) is 10.2 Å². The van der Waals surface area contributed by atoms with Crippen LogP contribution in [0.1, 0.15) is 47.2 Å². The number of rotatable bonds is 5. The first-order valence-corrected chi connectivity index (χ1v) is 8.39. The molecule has 1 N–H and O–H groups in total. The average Bonchev–Trinajstić information content (AvgIpc) is 2.79. The summed E-state index contributed by atoms with van der Waals surface area (Å²) in [5, 5.41) is 4.22. The molecule has 6 nitrogen and oxygen atoms in total. The standard InChI is InChI=1S/C16H24BrN3O3/c1-9(2)14(18-19-15(21)10(3)4)13-7-12(17)8-20(13)16(22)23-11(5)6/h7-11H,1-6H3,(H,19,21). The van der Waals surface area contributed by atoms with Gasteiger partial charge >= 0.3 is 6.09 Å². The largest absolute Gasteiger partial charge is 0.446 e. The van der Waals surface area contributed by atoms with E-state index in [0.29, 0.717) is 11.4 Å². The number of halogens is 1. The first kappa shape index (κ1) is 19.4. The van der Waals surface area contributed by atoms with Crippen LogP contribution in [0, 0.1) is 11.8 Å². The van der Waals surface area contributed by atoms with Crippen LogP contribution in [-0.4, -0.2) is 28.4 Å². The van der Waals surface area contributed by atoms with Crippen LogP contribution in [0.4, 0.5) is 4.79 Å². The van der Waals surface area contributed by atoms with Gasteiger partial charge in [-0.05, 0) is 41.8 Å². The number of amides is 1. The van der Waals surface area contributed by atoms with Gasteiger partial charge in [0.2, 0.25) is 5.91 Å². The highest BCUT2D eigenvalue weighted by molar-refractivity contribution is 9.10. The molecule has 1 heterocycles. The van der Waals surface area contributed by atoms with Crippen LogP contribution >= 0.6 is 15.9 Å². The Hall–Kier alpha value is -1.63. The van der Waals surface area contributed by atoms with Crippen LogP contribution in [0.25, 0.3) is 0 Å². The molecular weight excluding hydrogens is 362 g/mol. The van der Waals surface area contributed by atoms with E-state index in [4.69, 9.17) is 4.74 Å². The van der Waals surface area contributed by atoms with Crippen LogP contribution in [0.2, 0.25) is 0 Å². The lowest BCUT2D eigenvalue weighted by Crippen LogP contribution is -2.28. The Balaban J connectivity index is 3.20. The number of carbonyl (C=O) groups excluding carboxylic acids is 2. The van der Waals surface area contributed by atoms with Crippen LogP contribution in [0.3, 0.4) is 0 Å². The molecule has 0 aliphatic rings. The Labute approximate surface area is 145 Å². The second kappa shape index (κ2) is 8.29. The van der Waals surface area contributed by atoms with Gasteiger partial charge in [0.25, 0.3) is 0 Å². The van der Waals surface area contributed by atoms with Gasteiger partial charge in [-0.2, -0.15) is 5.10 Å². The number of hydrazone groups is 1. The molecule has 0 saturated carbocycles. The summed E-state index contributed by atoms with van der Waals surface area (Å²) in [6.45, 7) is 11.0. The summed E-state index contributed by atoms with van der Waals surface area (Å²) in [6.07, 6.45) is 0.920. The highest BCUT2D eigenvalue weighted by Crippen LogP contribution is 2.19. The van der Waals surface area contributed by atoms with Gasteiger partial charge in [0, 0.05) is 16.6 Å². The molecule has 0 fully saturated rings. The Morgan fingerprint density at radius 2 is 1.78 bits per heavy atom. The molecule has 7 heteroatoms. The Kier molecular flexibility index (Phi) is 7.00. The Morgan fingerprint density at radius 1 is 1.17 bits per heavy atom. The number of nitrogens with zero attached hydrogens (tertiary/aromatic N) is 2. The molecule has 1 rings (SSSR count). The van der Waals surface area contributed by atoms with Gasteiger partial charge in [-0.3, -0.25) is 9.36 Å². The highest BCUT2D eigenvalue weighted by Gasteiger charge is 2.21. The predicted molar refractivity (Wildman–Crippen MR) is 93.5 cm³/mol. The van der Waals surface area contributed by atoms with Gasteiger partial charge in [0.15, 0.2) is 0 Å². The predicted octanol–water partition coefficient (Wildman–Crippen LogP) is 3.78. The molecule has 0 bridgehead atoms. The molecule has 1 aromatic rings. The third-order valence-corrected chi connectivity index (χ3v) is 3.37. The molecule has 1 amide bonds. The third kappa shape index (κ3) is 5.49. The fraction of sp³-hybridized carbons (Fsp3) is 0.562. The fourth-order valence-electron chi connectivity index (χ4n) is 1.76. The van der Waals surface area contributed by atoms with E-state index in [1.807, 2.05) is 13.8 Å². The molecule has 0 aromatic carbocycles. The van der Waals surface area contributed by atoms with Crippen LogP contribution in [-0.2, 0) is 9.53 Å². The maximum Gasteiger partial charge on any atom is 0.418 e. The number of hydrogen-bond donors (Lipinski definition) is 1. The molecule has 0 aliphatic carbocycles. The van der Waals surface area contributed by atoms with Crippen LogP contribution in [0.5, 0.6) is 0 Å². The van der Waals surface area contributed by atoms with Crippen LogP contribution < -0.4 is 5.43 Å². The van der Waals surface area contributed by atoms with Crippen molar-refractivity contribution in [1.82, 2.24) is 9.99 Å². The zero-order chi connectivity index (χ0) is 17.7. The SMILES string of the molecule is CC(C)OC(=O)n1cc(Br)cc1C(=NNC(=O)C(C)C)C(C)C. The normalized spacial score (nSPS) is 12.2. The second-order valence-corrected chi connectivity index (χ2v) is 7.04. The third-order valence-electron chi connectivity index (χ3n) is 2.94. The summed E-state index contributed by atoms with van der Waals surface area (Å²) in [6, 6.07) is 1.78. The zero-order valence-corrected chi connectivity index (χ0v) is 16.0. The van der Waals surface area contributed by atoms with E-state index in [0.717, 1.165) is 4.47 Å². The monoisotopic (exact) mass is 385 g/mol. The molecule has 0 unspecified atom stereocenters. The minimum Gasteiger partial charge on any atom is -0.446 e. The van der Waals surface area contributed by atoms with Gasteiger partial charge < -0.3 is 4.74 Å². The molecule has 0 aliphatic heterocycles. The number of aromatic nitrogens is 1. The molecule has 128 valence electrons. The van der Waals surface area contributed by atoms with Crippen molar-refractivity contribution in [2.45, 2.75) is 47.6 Å². The number of ether oxygens (including phenoxy) is 1. The molecule has 0 radical (unpaired) electrons. The van der Waals surface area contributed by atoms with Gasteiger partial charge in [0.1, 0.15) is 0 Å². The average molecular weight is 386 g/mol. The van der Waals surface area contributed by atoms with E-state index in [1.165, 1.54) is 4.57 Å². The molecule has 0 atom stereocenters. The minimum absolute atomic E-state index is 0.00913. The molecule has 1 aromatic heterocycles. The molecular formula is C16H24BrN3O3. The first-order valence-electron chi connectivity index (χ1n) is 7.60. The summed E-state index contributed by atoms with van der Waals surface area (Å²) in [7, 11) is 0. The van der Waals surface area contributed by atoms with E-state index in [-0.39, 0.29) is 23.8 Å². The topological polar surface area (TPSA) is 72.7 Å². The number of nitrogens with one attached hydrogen (secondary N) is 1. The van der Waals surface area contributed by atoms with Crippen molar-refractivity contribution in [3.8, 4) is 0 Å². The minimum atomic E-state index is -0.482. The van der Waals surface area contributed by atoms with Crippen molar-refractivity contribution < 1.29 is 14.3 Å². The van der Waals surface area contributed by atoms with E-state index in [9.17, 15) is 9.59 Å². The van der Waals surface area contributed by atoms with E-state index >= 15 is 0 Å². The molecule has 0 saturated heterocycles. The quantitative estimate of drug-likeness (QED) is 0.618. The lowest BCUT2D eigenvalue weighted by molar-refractivity contribution is -0.123. The zero-order valence-electron chi connectivity index (χ0n) is 14.4.